The quantitative estimate of drug-likeness (QED) is 0.0199. The third-order valence-electron chi connectivity index (χ3n) is 19.1. The molecular formula is C82H141NO18. The average molecular weight is 1430 g/mol. The van der Waals surface area contributed by atoms with Crippen molar-refractivity contribution >= 4 is 5.91 Å². The predicted molar refractivity (Wildman–Crippen MR) is 401 cm³/mol. The third-order valence-corrected chi connectivity index (χ3v) is 19.1. The Kier molecular flexibility index (Phi) is 55.9. The van der Waals surface area contributed by atoms with Crippen LogP contribution < -0.4 is 5.32 Å². The SMILES string of the molecule is CC/C=C\C/C=C\C/C=C\C/C=C\C/C=C\C/C=C\C/C=C\C/C=C\C/C=C\CCCCCCCCCCCCCCCC(=O)NC(COC1OC(CO)C(OC2OC(CO)C(OC3OC(CO)C(O)C(O)C3O)C(O)C2O)C(O)C1O)C(O)CCCCCCCCCCCCCCCCC. The third kappa shape index (κ3) is 41.8. The number of allylic oxidation sites excluding steroid dienone is 18. The molecule has 0 aromatic rings. The molecule has 0 aromatic carbocycles. The minimum absolute atomic E-state index is 0.246. The maximum absolute atomic E-state index is 13.5. The molecule has 19 heteroatoms. The molecule has 3 rings (SSSR count). The van der Waals surface area contributed by atoms with Gasteiger partial charge in [-0.1, -0.05) is 290 Å². The highest BCUT2D eigenvalue weighted by atomic mass is 16.8. The van der Waals surface area contributed by atoms with Crippen LogP contribution in [0.2, 0.25) is 0 Å². The normalized spacial score (nSPS) is 26.9. The number of nitrogens with one attached hydrogen (secondary N) is 1. The van der Waals surface area contributed by atoms with E-state index in [0.717, 1.165) is 109 Å². The molecule has 0 aromatic heterocycles. The fourth-order valence-electron chi connectivity index (χ4n) is 12.8. The number of aliphatic hydroxyl groups excluding tert-OH is 11. The summed E-state index contributed by atoms with van der Waals surface area (Å²) in [6, 6.07) is -0.893. The van der Waals surface area contributed by atoms with Crippen LogP contribution in [0.15, 0.2) is 109 Å². The summed E-state index contributed by atoms with van der Waals surface area (Å²) in [5.74, 6) is -0.246. The molecule has 0 radical (unpaired) electrons. The summed E-state index contributed by atoms with van der Waals surface area (Å²) in [7, 11) is 0. The molecule has 1 amide bonds. The number of carbonyl (C=O) groups is 1. The van der Waals surface area contributed by atoms with Crippen molar-refractivity contribution in [2.45, 2.75) is 375 Å². The minimum atomic E-state index is -1.98. The summed E-state index contributed by atoms with van der Waals surface area (Å²) in [5.41, 5.74) is 0. The summed E-state index contributed by atoms with van der Waals surface area (Å²) in [4.78, 5) is 13.5. The average Bonchev–Trinajstić information content (AvgIpc) is 0.782. The topological polar surface area (TPSA) is 307 Å². The van der Waals surface area contributed by atoms with E-state index in [1.54, 1.807) is 0 Å². The number of unbranched alkanes of at least 4 members (excludes halogenated alkanes) is 27. The van der Waals surface area contributed by atoms with Gasteiger partial charge in [-0.15, -0.1) is 0 Å². The smallest absolute Gasteiger partial charge is 0.220 e. The first kappa shape index (κ1) is 91.7. The van der Waals surface area contributed by atoms with Crippen molar-refractivity contribution in [3.8, 4) is 0 Å². The molecule has 19 nitrogen and oxygen atoms in total. The maximum Gasteiger partial charge on any atom is 0.220 e. The number of aliphatic hydroxyl groups is 11. The van der Waals surface area contributed by atoms with Crippen LogP contribution in [0.1, 0.15) is 271 Å². The van der Waals surface area contributed by atoms with Gasteiger partial charge in [0, 0.05) is 6.42 Å². The predicted octanol–water partition coefficient (Wildman–Crippen LogP) is 12.9. The van der Waals surface area contributed by atoms with Gasteiger partial charge in [-0.2, -0.15) is 0 Å². The molecule has 17 atom stereocenters. The first-order valence-corrected chi connectivity index (χ1v) is 39.6. The summed E-state index contributed by atoms with van der Waals surface area (Å²) in [6.45, 7) is 1.69. The Balaban J connectivity index is 1.31. The van der Waals surface area contributed by atoms with Crippen molar-refractivity contribution in [3.63, 3.8) is 0 Å². The lowest BCUT2D eigenvalue weighted by Gasteiger charge is -2.48. The zero-order valence-corrected chi connectivity index (χ0v) is 62.1. The lowest BCUT2D eigenvalue weighted by Crippen LogP contribution is -2.66. The fourth-order valence-corrected chi connectivity index (χ4v) is 12.8. The number of ether oxygens (including phenoxy) is 6. The van der Waals surface area contributed by atoms with Crippen molar-refractivity contribution in [2.24, 2.45) is 0 Å². The van der Waals surface area contributed by atoms with Gasteiger partial charge in [-0.25, -0.2) is 0 Å². The van der Waals surface area contributed by atoms with Crippen molar-refractivity contribution in [2.75, 3.05) is 26.4 Å². The van der Waals surface area contributed by atoms with E-state index in [9.17, 15) is 61.0 Å². The van der Waals surface area contributed by atoms with Crippen molar-refractivity contribution in [1.29, 1.82) is 0 Å². The lowest BCUT2D eigenvalue weighted by molar-refractivity contribution is -0.379. The molecular weight excluding hydrogens is 1290 g/mol. The molecule has 17 unspecified atom stereocenters. The second kappa shape index (κ2) is 61.6. The van der Waals surface area contributed by atoms with Gasteiger partial charge < -0.3 is 89.9 Å². The zero-order valence-electron chi connectivity index (χ0n) is 62.1. The molecule has 3 saturated heterocycles. The van der Waals surface area contributed by atoms with Gasteiger partial charge in [0.2, 0.25) is 5.91 Å². The Morgan fingerprint density at radius 1 is 0.366 bits per heavy atom. The number of carbonyl (C=O) groups excluding carboxylic acids is 1. The summed E-state index contributed by atoms with van der Waals surface area (Å²) in [5, 5.41) is 121. The van der Waals surface area contributed by atoms with Gasteiger partial charge in [0.15, 0.2) is 18.9 Å². The molecule has 0 saturated carbocycles. The number of rotatable bonds is 61. The molecule has 3 aliphatic rings. The molecule has 0 aliphatic carbocycles. The summed E-state index contributed by atoms with van der Waals surface area (Å²) < 4.78 is 34.5. The van der Waals surface area contributed by atoms with E-state index in [4.69, 9.17) is 28.4 Å². The van der Waals surface area contributed by atoms with Crippen LogP contribution in [-0.4, -0.2) is 193 Å². The molecule has 582 valence electrons. The molecule has 12 N–H and O–H groups in total. The van der Waals surface area contributed by atoms with E-state index in [1.165, 1.54) is 128 Å². The molecule has 3 aliphatic heterocycles. The highest BCUT2D eigenvalue weighted by molar-refractivity contribution is 5.76. The van der Waals surface area contributed by atoms with Crippen molar-refractivity contribution in [1.82, 2.24) is 5.32 Å². The van der Waals surface area contributed by atoms with Crippen molar-refractivity contribution in [3.05, 3.63) is 109 Å². The Hall–Kier alpha value is -3.55. The van der Waals surface area contributed by atoms with Crippen LogP contribution in [0.3, 0.4) is 0 Å². The Labute approximate surface area is 608 Å². The van der Waals surface area contributed by atoms with E-state index in [2.05, 4.69) is 129 Å². The maximum atomic E-state index is 13.5. The van der Waals surface area contributed by atoms with E-state index < -0.39 is 124 Å². The number of hydrogen-bond acceptors (Lipinski definition) is 18. The van der Waals surface area contributed by atoms with Gasteiger partial charge in [-0.3, -0.25) is 4.79 Å². The molecule has 3 fully saturated rings. The zero-order chi connectivity index (χ0) is 73.2. The minimum Gasteiger partial charge on any atom is -0.394 e. The van der Waals surface area contributed by atoms with Crippen LogP contribution in [0.5, 0.6) is 0 Å². The highest BCUT2D eigenvalue weighted by Gasteiger charge is 2.54. The lowest BCUT2D eigenvalue weighted by atomic mass is 9.96. The first-order valence-electron chi connectivity index (χ1n) is 39.6. The first-order chi connectivity index (χ1) is 49.3. The Morgan fingerprint density at radius 3 is 1.07 bits per heavy atom. The summed E-state index contributed by atoms with van der Waals surface area (Å²) >= 11 is 0. The largest absolute Gasteiger partial charge is 0.394 e. The second-order valence-corrected chi connectivity index (χ2v) is 27.8. The second-order valence-electron chi connectivity index (χ2n) is 27.8. The van der Waals surface area contributed by atoms with Crippen LogP contribution in [0.25, 0.3) is 0 Å². The summed E-state index contributed by atoms with van der Waals surface area (Å²) in [6.07, 6.45) is 57.5. The molecule has 3 heterocycles. The molecule has 0 spiro atoms. The van der Waals surface area contributed by atoms with Gasteiger partial charge in [-0.05, 0) is 83.5 Å². The highest BCUT2D eigenvalue weighted by Crippen LogP contribution is 2.33. The van der Waals surface area contributed by atoms with Gasteiger partial charge in [0.25, 0.3) is 0 Å². The van der Waals surface area contributed by atoms with Crippen LogP contribution in [0, 0.1) is 0 Å². The van der Waals surface area contributed by atoms with E-state index in [0.29, 0.717) is 12.8 Å². The van der Waals surface area contributed by atoms with E-state index in [1.807, 2.05) is 0 Å². The molecule has 101 heavy (non-hydrogen) atoms. The molecule has 0 bridgehead atoms. The number of amides is 1. The van der Waals surface area contributed by atoms with Gasteiger partial charge >= 0.3 is 0 Å². The fraction of sp³-hybridized carbons (Fsp3) is 0.768. The van der Waals surface area contributed by atoms with E-state index >= 15 is 0 Å². The standard InChI is InChI=1S/C82H141NO18/c1-3-5-7-9-11-13-15-17-19-20-21-22-23-24-25-26-27-28-29-30-31-32-33-34-35-36-37-38-39-40-41-42-43-44-46-48-50-52-54-56-58-60-70(88)83-65(66(87)59-57-55-53-51-49-47-45-18-16-14-12-10-8-6-4-2)64-96-80-76(94)73(91)78(68(62-85)98-80)101-82-77(95)74(92)79(69(63-86)99-82)100-81-75(93)72(90)71(89)67(61-84)97-81/h5,7,11,13,17,19,21-22,24-25,27-28,30-31,33-34,36-37,65-69,71-82,84-87,89-95H,3-4,6,8-10,12,14-16,18,20,23,26,29,32,35,38-64H2,1-2H3,(H,83,88)/b7-5-,13-11-,19-17-,22-21-,25-24-,28-27-,31-30-,34-33-,37-36-. The van der Waals surface area contributed by atoms with Crippen molar-refractivity contribution < 1.29 is 89.4 Å². The monoisotopic (exact) mass is 1430 g/mol. The van der Waals surface area contributed by atoms with Crippen LogP contribution >= 0.6 is 0 Å². The Bertz CT molecular complexity index is 2250. The van der Waals surface area contributed by atoms with Crippen LogP contribution in [0.4, 0.5) is 0 Å². The van der Waals surface area contributed by atoms with Gasteiger partial charge in [0.05, 0.1) is 38.6 Å². The van der Waals surface area contributed by atoms with Crippen LogP contribution in [-0.2, 0) is 33.2 Å². The number of hydrogen-bond donors (Lipinski definition) is 12. The Morgan fingerprint density at radius 2 is 0.683 bits per heavy atom. The van der Waals surface area contributed by atoms with E-state index in [-0.39, 0.29) is 18.9 Å². The van der Waals surface area contributed by atoms with Gasteiger partial charge in [0.1, 0.15) is 73.2 Å².